The maximum Gasteiger partial charge on any atom is 0.231 e. The van der Waals surface area contributed by atoms with Gasteiger partial charge in [0.05, 0.1) is 17.3 Å². The zero-order valence-corrected chi connectivity index (χ0v) is 15.8. The van der Waals surface area contributed by atoms with Crippen LogP contribution < -0.4 is 4.74 Å². The number of aromatic nitrogens is 1. The Balaban J connectivity index is 1.56. The van der Waals surface area contributed by atoms with Gasteiger partial charge in [-0.05, 0) is 29.7 Å². The third-order valence-corrected chi connectivity index (χ3v) is 6.30. The maximum atomic E-state index is 10.5. The van der Waals surface area contributed by atoms with Gasteiger partial charge in [-0.15, -0.1) is 21.6 Å². The molecule has 5 nitrogen and oxygen atoms in total. The summed E-state index contributed by atoms with van der Waals surface area (Å²) < 4.78 is 7.21. The van der Waals surface area contributed by atoms with Crippen molar-refractivity contribution in [3.8, 4) is 11.5 Å². The molecule has 0 aliphatic carbocycles. The van der Waals surface area contributed by atoms with E-state index in [0.29, 0.717) is 21.3 Å². The molecule has 0 radical (unpaired) electrons. The highest BCUT2D eigenvalue weighted by atomic mass is 32.1. The van der Waals surface area contributed by atoms with Gasteiger partial charge in [0.2, 0.25) is 5.13 Å². The first kappa shape index (κ1) is 16.2. The molecule has 5 aromatic rings. The first-order valence-corrected chi connectivity index (χ1v) is 9.86. The second-order valence-electron chi connectivity index (χ2n) is 5.95. The van der Waals surface area contributed by atoms with Gasteiger partial charge < -0.3 is 9.84 Å². The highest BCUT2D eigenvalue weighted by Crippen LogP contribution is 2.45. The number of benzene rings is 3. The zero-order valence-electron chi connectivity index (χ0n) is 14.2. The van der Waals surface area contributed by atoms with Crippen LogP contribution in [0.5, 0.6) is 11.5 Å². The van der Waals surface area contributed by atoms with Crippen LogP contribution in [0.25, 0.3) is 31.1 Å². The molecule has 3 aromatic carbocycles. The molecule has 0 fully saturated rings. The summed E-state index contributed by atoms with van der Waals surface area (Å²) in [5, 5.41) is 23.0. The summed E-state index contributed by atoms with van der Waals surface area (Å²) in [6, 6.07) is 17.8. The number of methoxy groups -OCH3 is 1. The van der Waals surface area contributed by atoms with E-state index in [4.69, 9.17) is 4.74 Å². The van der Waals surface area contributed by atoms with E-state index >= 15 is 0 Å². The molecule has 2 aromatic heterocycles. The largest absolute Gasteiger partial charge is 0.504 e. The third-order valence-electron chi connectivity index (χ3n) is 4.35. The van der Waals surface area contributed by atoms with Crippen LogP contribution in [0.1, 0.15) is 0 Å². The summed E-state index contributed by atoms with van der Waals surface area (Å²) >= 11 is 2.86. The van der Waals surface area contributed by atoms with Crippen molar-refractivity contribution in [1.82, 2.24) is 4.98 Å². The molecule has 0 unspecified atom stereocenters. The number of azo groups is 1. The number of fused-ring (bicyclic) bond motifs is 4. The average molecular weight is 391 g/mol. The molecule has 0 saturated carbocycles. The quantitative estimate of drug-likeness (QED) is 0.344. The van der Waals surface area contributed by atoms with Gasteiger partial charge in [0, 0.05) is 15.5 Å². The fraction of sp³-hybridized carbons (Fsp3) is 0.0500. The second kappa shape index (κ2) is 6.29. The highest BCUT2D eigenvalue weighted by Gasteiger charge is 2.12. The fourth-order valence-electron chi connectivity index (χ4n) is 3.03. The smallest absolute Gasteiger partial charge is 0.231 e. The lowest BCUT2D eigenvalue weighted by Gasteiger charge is -1.98. The van der Waals surface area contributed by atoms with Crippen molar-refractivity contribution < 1.29 is 9.84 Å². The van der Waals surface area contributed by atoms with Crippen LogP contribution in [0.3, 0.4) is 0 Å². The van der Waals surface area contributed by atoms with Crippen molar-refractivity contribution in [3.63, 3.8) is 0 Å². The van der Waals surface area contributed by atoms with Gasteiger partial charge in [0.25, 0.3) is 0 Å². The highest BCUT2D eigenvalue weighted by molar-refractivity contribution is 7.23. The molecule has 132 valence electrons. The van der Waals surface area contributed by atoms with Gasteiger partial charge in [-0.1, -0.05) is 41.7 Å². The van der Waals surface area contributed by atoms with Crippen molar-refractivity contribution >= 4 is 63.9 Å². The Morgan fingerprint density at radius 3 is 2.67 bits per heavy atom. The molecule has 0 spiro atoms. The first-order chi connectivity index (χ1) is 13.2. The Morgan fingerprint density at radius 1 is 0.926 bits per heavy atom. The Labute approximate surface area is 162 Å². The average Bonchev–Trinajstić information content (AvgIpc) is 3.27. The summed E-state index contributed by atoms with van der Waals surface area (Å²) in [5.41, 5.74) is 0.928. The van der Waals surface area contributed by atoms with E-state index in [-0.39, 0.29) is 5.75 Å². The van der Waals surface area contributed by atoms with Crippen molar-refractivity contribution in [1.29, 1.82) is 0 Å². The van der Waals surface area contributed by atoms with Crippen LogP contribution in [-0.4, -0.2) is 17.2 Å². The molecule has 0 saturated heterocycles. The minimum absolute atomic E-state index is 0.115. The van der Waals surface area contributed by atoms with Crippen LogP contribution in [0.2, 0.25) is 0 Å². The number of hydrogen-bond acceptors (Lipinski definition) is 7. The number of thiazole rings is 1. The molecule has 0 amide bonds. The first-order valence-electron chi connectivity index (χ1n) is 8.22. The molecule has 0 atom stereocenters. The lowest BCUT2D eigenvalue weighted by molar-refractivity contribution is 0.415. The Bertz CT molecular complexity index is 1340. The van der Waals surface area contributed by atoms with Crippen molar-refractivity contribution in [2.75, 3.05) is 7.11 Å². The van der Waals surface area contributed by atoms with E-state index < -0.39 is 0 Å². The van der Waals surface area contributed by atoms with Crippen molar-refractivity contribution in [2.24, 2.45) is 10.2 Å². The molecule has 0 bridgehead atoms. The third kappa shape index (κ3) is 2.72. The van der Waals surface area contributed by atoms with Gasteiger partial charge in [0.1, 0.15) is 5.75 Å². The minimum atomic E-state index is 0.115. The summed E-state index contributed by atoms with van der Waals surface area (Å²) in [6.45, 7) is 0. The summed E-state index contributed by atoms with van der Waals surface area (Å²) in [5.74, 6) is 0.807. The van der Waals surface area contributed by atoms with Crippen LogP contribution in [0.15, 0.2) is 64.8 Å². The Hall–Kier alpha value is -3.03. The summed E-state index contributed by atoms with van der Waals surface area (Å²) in [6.07, 6.45) is 0. The van der Waals surface area contributed by atoms with Gasteiger partial charge in [-0.3, -0.25) is 0 Å². The van der Waals surface area contributed by atoms with E-state index in [0.717, 1.165) is 25.7 Å². The van der Waals surface area contributed by atoms with Crippen molar-refractivity contribution in [2.45, 2.75) is 0 Å². The van der Waals surface area contributed by atoms with Gasteiger partial charge in [0.15, 0.2) is 10.8 Å². The van der Waals surface area contributed by atoms with Crippen molar-refractivity contribution in [3.05, 3.63) is 54.6 Å². The molecule has 0 aliphatic rings. The number of thiophene rings is 1. The van der Waals surface area contributed by atoms with Crippen LogP contribution >= 0.6 is 22.7 Å². The minimum Gasteiger partial charge on any atom is -0.504 e. The lowest BCUT2D eigenvalue weighted by atomic mass is 10.1. The van der Waals surface area contributed by atoms with Crippen LogP contribution in [0, 0.1) is 0 Å². The SMILES string of the molecule is COc1ccc2sc(/N=N/c3nc4c(ccc5ccccc54)s3)c(O)c2c1. The number of nitrogens with zero attached hydrogens (tertiary/aromatic N) is 3. The fourth-order valence-corrected chi connectivity index (χ4v) is 4.73. The van der Waals surface area contributed by atoms with Crippen LogP contribution in [0.4, 0.5) is 10.1 Å². The van der Waals surface area contributed by atoms with E-state index in [2.05, 4.69) is 39.5 Å². The normalized spacial score (nSPS) is 11.9. The number of hydrogen-bond donors (Lipinski definition) is 1. The van der Waals surface area contributed by atoms with E-state index in [9.17, 15) is 5.11 Å². The number of rotatable bonds is 3. The molecular formula is C20H13N3O2S2. The summed E-state index contributed by atoms with van der Waals surface area (Å²) in [7, 11) is 1.60. The number of ether oxygens (including phenoxy) is 1. The molecule has 27 heavy (non-hydrogen) atoms. The standard InChI is InChI=1S/C20H13N3O2S2/c1-25-12-7-9-15-14(10-12)18(24)19(26-15)22-23-20-21-17-13-5-3-2-4-11(13)6-8-16(17)27-20/h2-10,24H,1H3/b23-22+. The predicted molar refractivity (Wildman–Crippen MR) is 111 cm³/mol. The Kier molecular flexibility index (Phi) is 3.77. The molecule has 1 N–H and O–H groups in total. The Morgan fingerprint density at radius 2 is 1.78 bits per heavy atom. The lowest BCUT2D eigenvalue weighted by Crippen LogP contribution is -1.80. The number of aromatic hydroxyl groups is 1. The molecular weight excluding hydrogens is 378 g/mol. The van der Waals surface area contributed by atoms with Gasteiger partial charge >= 0.3 is 0 Å². The maximum absolute atomic E-state index is 10.5. The molecule has 2 heterocycles. The second-order valence-corrected chi connectivity index (χ2v) is 7.99. The molecule has 0 aliphatic heterocycles. The molecule has 7 heteroatoms. The molecule has 5 rings (SSSR count). The van der Waals surface area contributed by atoms with Gasteiger partial charge in [-0.2, -0.15) is 0 Å². The summed E-state index contributed by atoms with van der Waals surface area (Å²) in [4.78, 5) is 4.63. The predicted octanol–water partition coefficient (Wildman–Crippen LogP) is 6.79. The van der Waals surface area contributed by atoms with E-state index in [1.807, 2.05) is 24.3 Å². The van der Waals surface area contributed by atoms with E-state index in [1.165, 1.54) is 22.7 Å². The van der Waals surface area contributed by atoms with E-state index in [1.54, 1.807) is 13.2 Å². The zero-order chi connectivity index (χ0) is 18.4. The van der Waals surface area contributed by atoms with Gasteiger partial charge in [-0.25, -0.2) is 4.98 Å². The monoisotopic (exact) mass is 391 g/mol. The van der Waals surface area contributed by atoms with Crippen LogP contribution in [-0.2, 0) is 0 Å². The topological polar surface area (TPSA) is 67.1 Å².